The molecule has 0 aromatic carbocycles. The number of aliphatic hydroxyl groups excluding tert-OH is 12. The molecule has 23 nitrogen and oxygen atoms in total. The number of aliphatic hydroxyl groups is 12. The van der Waals surface area contributed by atoms with Gasteiger partial charge in [0.2, 0.25) is 11.6 Å². The molecule has 4 fully saturated rings. The number of unbranched alkanes of at least 4 members (excludes halogenated alkanes) is 16. The SMILES string of the molecule is CCCCCCCCCCCC(=O)O[C@@H]1[C@@H](CO[C@H]2O[C@H](CO)[C@@H](O)[C@H](O)[C@H]2O)O[C@@](CO[C@@]2(CO)O[C@H](CO)[C@@H](O)[C@@H]2O)(O[C@H]2O[C@H](CO)[C@@H](O)[C@H](O)[C@H]2O)[C@H]1OC(=O)CCCCCCCCCCC. The van der Waals surface area contributed by atoms with Gasteiger partial charge in [-0.2, -0.15) is 0 Å². The molecule has 0 saturated carbocycles. The van der Waals surface area contributed by atoms with Gasteiger partial charge in [-0.25, -0.2) is 0 Å². The van der Waals surface area contributed by atoms with Crippen LogP contribution in [0.5, 0.6) is 0 Å². The van der Waals surface area contributed by atoms with E-state index in [-0.39, 0.29) is 12.8 Å². The first kappa shape index (κ1) is 61.7. The summed E-state index contributed by atoms with van der Waals surface area (Å²) in [7, 11) is 0. The molecule has 0 aromatic heterocycles. The van der Waals surface area contributed by atoms with E-state index in [1.807, 2.05) is 0 Å². The molecule has 4 aliphatic heterocycles. The molecule has 0 bridgehead atoms. The lowest BCUT2D eigenvalue weighted by atomic mass is 9.98. The third kappa shape index (κ3) is 17.1. The lowest BCUT2D eigenvalue weighted by molar-refractivity contribution is -0.400. The zero-order valence-corrected chi connectivity index (χ0v) is 41.5. The molecular formula is C48H86O23. The molecule has 0 radical (unpaired) electrons. The van der Waals surface area contributed by atoms with Gasteiger partial charge in [0.15, 0.2) is 24.8 Å². The van der Waals surface area contributed by atoms with Crippen molar-refractivity contribution < 1.29 is 113 Å². The number of carbonyl (C=O) groups excluding carboxylic acids is 2. The maximum absolute atomic E-state index is 14.1. The number of esters is 2. The van der Waals surface area contributed by atoms with E-state index in [1.165, 1.54) is 0 Å². The molecule has 4 heterocycles. The summed E-state index contributed by atoms with van der Waals surface area (Å²) >= 11 is 0. The van der Waals surface area contributed by atoms with E-state index in [2.05, 4.69) is 13.8 Å². The molecular weight excluding hydrogens is 945 g/mol. The maximum Gasteiger partial charge on any atom is 0.306 e. The van der Waals surface area contributed by atoms with Crippen molar-refractivity contribution in [3.8, 4) is 0 Å². The van der Waals surface area contributed by atoms with Gasteiger partial charge in [-0.1, -0.05) is 117 Å². The highest BCUT2D eigenvalue weighted by Crippen LogP contribution is 2.43. The van der Waals surface area contributed by atoms with Crippen LogP contribution >= 0.6 is 0 Å². The van der Waals surface area contributed by atoms with Gasteiger partial charge in [-0.05, 0) is 12.8 Å². The maximum atomic E-state index is 14.1. The highest BCUT2D eigenvalue weighted by molar-refractivity contribution is 5.71. The van der Waals surface area contributed by atoms with E-state index in [9.17, 15) is 70.9 Å². The largest absolute Gasteiger partial charge is 0.455 e. The lowest BCUT2D eigenvalue weighted by Crippen LogP contribution is -2.64. The second kappa shape index (κ2) is 31.3. The first-order chi connectivity index (χ1) is 34.1. The van der Waals surface area contributed by atoms with Crippen molar-refractivity contribution in [1.29, 1.82) is 0 Å². The molecule has 4 saturated heterocycles. The third-order valence-electron chi connectivity index (χ3n) is 13.8. The fourth-order valence-electron chi connectivity index (χ4n) is 9.35. The van der Waals surface area contributed by atoms with Crippen LogP contribution in [-0.2, 0) is 52.2 Å². The summed E-state index contributed by atoms with van der Waals surface area (Å²) in [4.78, 5) is 28.0. The van der Waals surface area contributed by atoms with Gasteiger partial charge >= 0.3 is 11.9 Å². The summed E-state index contributed by atoms with van der Waals surface area (Å²) in [5.74, 6) is -6.98. The second-order valence-corrected chi connectivity index (χ2v) is 19.4. The van der Waals surface area contributed by atoms with E-state index < -0.39 is 161 Å². The van der Waals surface area contributed by atoms with Gasteiger partial charge in [0.25, 0.3) is 0 Å². The van der Waals surface area contributed by atoms with Gasteiger partial charge in [0.05, 0.1) is 26.4 Å². The summed E-state index contributed by atoms with van der Waals surface area (Å²) < 4.78 is 53.8. The van der Waals surface area contributed by atoms with Crippen LogP contribution in [0.3, 0.4) is 0 Å². The lowest BCUT2D eigenvalue weighted by Gasteiger charge is -2.44. The Hall–Kier alpha value is -1.82. The topological polar surface area (TPSA) is 360 Å². The molecule has 12 N–H and O–H groups in total. The molecule has 4 rings (SSSR count). The molecule has 0 aliphatic carbocycles. The Morgan fingerprint density at radius 1 is 0.479 bits per heavy atom. The smallest absolute Gasteiger partial charge is 0.306 e. The van der Waals surface area contributed by atoms with Gasteiger partial charge in [-0.3, -0.25) is 9.59 Å². The Labute approximate surface area is 416 Å². The molecule has 23 heteroatoms. The molecule has 0 spiro atoms. The van der Waals surface area contributed by atoms with E-state index in [1.54, 1.807) is 0 Å². The van der Waals surface area contributed by atoms with Crippen LogP contribution in [0.1, 0.15) is 142 Å². The van der Waals surface area contributed by atoms with Crippen molar-refractivity contribution in [2.75, 3.05) is 39.6 Å². The Bertz CT molecular complexity index is 1500. The average molecular weight is 1030 g/mol. The summed E-state index contributed by atoms with van der Waals surface area (Å²) in [6.45, 7) is -1.38. The Balaban J connectivity index is 1.74. The summed E-state index contributed by atoms with van der Waals surface area (Å²) in [5.41, 5.74) is 0. The zero-order valence-electron chi connectivity index (χ0n) is 41.5. The first-order valence-corrected chi connectivity index (χ1v) is 25.9. The molecule has 416 valence electrons. The molecule has 71 heavy (non-hydrogen) atoms. The molecule has 4 aliphatic rings. The minimum Gasteiger partial charge on any atom is -0.455 e. The summed E-state index contributed by atoms with van der Waals surface area (Å²) in [6, 6.07) is 0. The Kier molecular flexibility index (Phi) is 27.2. The number of carbonyl (C=O) groups is 2. The van der Waals surface area contributed by atoms with Crippen LogP contribution in [0.2, 0.25) is 0 Å². The number of hydrogen-bond acceptors (Lipinski definition) is 23. The number of rotatable bonds is 34. The molecule has 18 atom stereocenters. The molecule has 0 unspecified atom stereocenters. The monoisotopic (exact) mass is 1030 g/mol. The standard InChI is InChI=1S/C48H86O23/c1-3-5-7-9-11-13-15-17-19-21-33(53)67-42-32(26-63-45-40(60)38(58)35(55)29(23-49)65-45)70-48(71-46-41(61)39(59)36(56)30(24-50)66-46,28-64-47(27-52)43(62)37(57)31(25-51)69-47)44(42)68-34(54)22-20-18-16-14-12-10-8-6-4-2/h29-32,35-46,49-52,55-62H,3-28H2,1-2H3/t29-,30-,31-,32-,35-,36-,37-,38+,39+,40-,41-,42-,43+,44+,45+,46-,47+,48+/m1/s1. The second-order valence-electron chi connectivity index (χ2n) is 19.4. The van der Waals surface area contributed by atoms with Crippen molar-refractivity contribution in [2.24, 2.45) is 0 Å². The van der Waals surface area contributed by atoms with Crippen LogP contribution < -0.4 is 0 Å². The van der Waals surface area contributed by atoms with E-state index >= 15 is 0 Å². The van der Waals surface area contributed by atoms with Gasteiger partial charge < -0.3 is 104 Å². The Morgan fingerprint density at radius 2 is 0.915 bits per heavy atom. The molecule has 0 amide bonds. The highest BCUT2D eigenvalue weighted by Gasteiger charge is 2.65. The van der Waals surface area contributed by atoms with E-state index in [0.29, 0.717) is 25.7 Å². The molecule has 0 aromatic rings. The summed E-state index contributed by atoms with van der Waals surface area (Å²) in [5, 5.41) is 127. The van der Waals surface area contributed by atoms with Crippen LogP contribution in [0, 0.1) is 0 Å². The van der Waals surface area contributed by atoms with Crippen molar-refractivity contribution in [1.82, 2.24) is 0 Å². The summed E-state index contributed by atoms with van der Waals surface area (Å²) in [6.07, 6.45) is -12.7. The van der Waals surface area contributed by atoms with Crippen molar-refractivity contribution in [3.63, 3.8) is 0 Å². The van der Waals surface area contributed by atoms with Crippen LogP contribution in [-0.4, -0.2) is 222 Å². The minimum atomic E-state index is -2.75. The zero-order chi connectivity index (χ0) is 52.1. The highest BCUT2D eigenvalue weighted by atomic mass is 16.8. The van der Waals surface area contributed by atoms with Crippen LogP contribution in [0.4, 0.5) is 0 Å². The average Bonchev–Trinajstić information content (AvgIpc) is 3.78. The first-order valence-electron chi connectivity index (χ1n) is 25.9. The van der Waals surface area contributed by atoms with Gasteiger partial charge in [-0.15, -0.1) is 0 Å². The normalized spacial score (nSPS) is 37.4. The minimum absolute atomic E-state index is 0.128. The fourth-order valence-corrected chi connectivity index (χ4v) is 9.35. The van der Waals surface area contributed by atoms with Gasteiger partial charge in [0, 0.05) is 12.8 Å². The van der Waals surface area contributed by atoms with E-state index in [4.69, 9.17) is 42.6 Å². The predicted molar refractivity (Wildman–Crippen MR) is 245 cm³/mol. The fraction of sp³-hybridized carbons (Fsp3) is 0.958. The number of ether oxygens (including phenoxy) is 9. The van der Waals surface area contributed by atoms with Crippen molar-refractivity contribution in [3.05, 3.63) is 0 Å². The van der Waals surface area contributed by atoms with Crippen LogP contribution in [0.25, 0.3) is 0 Å². The Morgan fingerprint density at radius 3 is 1.38 bits per heavy atom. The quantitative estimate of drug-likeness (QED) is 0.0277. The number of hydrogen-bond donors (Lipinski definition) is 12. The van der Waals surface area contributed by atoms with Crippen LogP contribution in [0.15, 0.2) is 0 Å². The predicted octanol–water partition coefficient (Wildman–Crippen LogP) is -0.802. The van der Waals surface area contributed by atoms with Crippen molar-refractivity contribution in [2.45, 2.75) is 252 Å². The van der Waals surface area contributed by atoms with E-state index in [0.717, 1.165) is 89.9 Å². The van der Waals surface area contributed by atoms with Crippen molar-refractivity contribution >= 4 is 11.9 Å². The third-order valence-corrected chi connectivity index (χ3v) is 13.8. The van der Waals surface area contributed by atoms with Gasteiger partial charge in [0.1, 0.15) is 86.5 Å².